The Bertz CT molecular complexity index is 672. The lowest BCUT2D eigenvalue weighted by Gasteiger charge is -2.22. The molecule has 1 aromatic carbocycles. The number of hydrazine groups is 1. The number of carbonyl (C=O) groups excluding carboxylic acids is 4. The first kappa shape index (κ1) is 21.4. The van der Waals surface area contributed by atoms with E-state index in [9.17, 15) is 19.2 Å². The molecule has 1 fully saturated rings. The van der Waals surface area contributed by atoms with Gasteiger partial charge < -0.3 is 10.1 Å². The van der Waals surface area contributed by atoms with E-state index in [1.807, 2.05) is 0 Å². The van der Waals surface area contributed by atoms with Gasteiger partial charge in [0.2, 0.25) is 5.91 Å². The Hall–Kier alpha value is -2.90. The lowest BCUT2D eigenvalue weighted by Crippen LogP contribution is -2.43. The van der Waals surface area contributed by atoms with E-state index >= 15 is 0 Å². The molecule has 152 valence electrons. The third kappa shape index (κ3) is 8.20. The molecule has 1 saturated carbocycles. The molecule has 1 aliphatic carbocycles. The normalized spacial score (nSPS) is 14.0. The first-order chi connectivity index (χ1) is 13.5. The molecule has 0 radical (unpaired) electrons. The van der Waals surface area contributed by atoms with Crippen molar-refractivity contribution in [3.8, 4) is 0 Å². The monoisotopic (exact) mass is 389 g/mol. The number of nitrogens with one attached hydrogen (secondary N) is 3. The maximum Gasteiger partial charge on any atom is 0.306 e. The predicted octanol–water partition coefficient (Wildman–Crippen LogP) is 1.61. The summed E-state index contributed by atoms with van der Waals surface area (Å²) < 4.78 is 4.84. The van der Waals surface area contributed by atoms with Crippen LogP contribution in [0.25, 0.3) is 0 Å². The van der Waals surface area contributed by atoms with Crippen LogP contribution in [0.4, 0.5) is 0 Å². The Morgan fingerprint density at radius 1 is 0.893 bits per heavy atom. The van der Waals surface area contributed by atoms with Gasteiger partial charge >= 0.3 is 5.97 Å². The van der Waals surface area contributed by atoms with Crippen LogP contribution in [0.1, 0.15) is 61.7 Å². The topological polar surface area (TPSA) is 114 Å². The number of rotatable bonds is 8. The maximum absolute atomic E-state index is 11.9. The molecule has 2 rings (SSSR count). The van der Waals surface area contributed by atoms with Crippen molar-refractivity contribution in [1.29, 1.82) is 0 Å². The van der Waals surface area contributed by atoms with Crippen molar-refractivity contribution in [1.82, 2.24) is 16.2 Å². The molecule has 0 atom stereocenters. The van der Waals surface area contributed by atoms with Crippen molar-refractivity contribution in [2.75, 3.05) is 6.61 Å². The first-order valence-corrected chi connectivity index (χ1v) is 9.64. The van der Waals surface area contributed by atoms with Crippen LogP contribution >= 0.6 is 0 Å². The first-order valence-electron chi connectivity index (χ1n) is 9.64. The number of ether oxygens (including phenoxy) is 1. The maximum atomic E-state index is 11.9. The summed E-state index contributed by atoms with van der Waals surface area (Å²) in [6, 6.07) is 8.64. The van der Waals surface area contributed by atoms with Crippen molar-refractivity contribution < 1.29 is 23.9 Å². The summed E-state index contributed by atoms with van der Waals surface area (Å²) >= 11 is 0. The van der Waals surface area contributed by atoms with Crippen LogP contribution in [0.2, 0.25) is 0 Å². The molecule has 3 amide bonds. The summed E-state index contributed by atoms with van der Waals surface area (Å²) in [4.78, 5) is 46.9. The highest BCUT2D eigenvalue weighted by Crippen LogP contribution is 2.17. The SMILES string of the molecule is O=C(COC(=O)CCCC(=O)NC1CCCCC1)NNC(=O)c1ccccc1. The lowest BCUT2D eigenvalue weighted by atomic mass is 9.95. The summed E-state index contributed by atoms with van der Waals surface area (Å²) in [5.74, 6) is -1.73. The van der Waals surface area contributed by atoms with Crippen LogP contribution < -0.4 is 16.2 Å². The van der Waals surface area contributed by atoms with Crippen molar-refractivity contribution >= 4 is 23.7 Å². The minimum atomic E-state index is -0.646. The van der Waals surface area contributed by atoms with Gasteiger partial charge in [0.15, 0.2) is 6.61 Å². The van der Waals surface area contributed by atoms with Gasteiger partial charge in [-0.05, 0) is 31.4 Å². The fourth-order valence-electron chi connectivity index (χ4n) is 2.98. The zero-order chi connectivity index (χ0) is 20.2. The highest BCUT2D eigenvalue weighted by Gasteiger charge is 2.16. The molecular weight excluding hydrogens is 362 g/mol. The Balaban J connectivity index is 1.53. The molecule has 0 aliphatic heterocycles. The van der Waals surface area contributed by atoms with Gasteiger partial charge in [-0.1, -0.05) is 37.5 Å². The van der Waals surface area contributed by atoms with Crippen molar-refractivity contribution in [2.24, 2.45) is 0 Å². The summed E-state index contributed by atoms with van der Waals surface area (Å²) in [5.41, 5.74) is 4.81. The molecule has 1 aromatic rings. The standard InChI is InChI=1S/C20H27N3O5/c24-17(21-16-10-5-2-6-11-16)12-7-13-19(26)28-14-18(25)22-23-20(27)15-8-3-1-4-9-15/h1,3-4,8-9,16H,2,5-7,10-14H2,(H,21,24)(H,22,25)(H,23,27). The van der Waals surface area contributed by atoms with Gasteiger partial charge in [0.25, 0.3) is 11.8 Å². The minimum absolute atomic E-state index is 0.0546. The van der Waals surface area contributed by atoms with E-state index in [4.69, 9.17) is 4.74 Å². The predicted molar refractivity (Wildman–Crippen MR) is 102 cm³/mol. The highest BCUT2D eigenvalue weighted by atomic mass is 16.5. The van der Waals surface area contributed by atoms with Gasteiger partial charge in [-0.3, -0.25) is 30.0 Å². The van der Waals surface area contributed by atoms with Gasteiger partial charge in [0.05, 0.1) is 0 Å². The average Bonchev–Trinajstić information content (AvgIpc) is 2.71. The van der Waals surface area contributed by atoms with E-state index in [2.05, 4.69) is 16.2 Å². The summed E-state index contributed by atoms with van der Waals surface area (Å²) in [5, 5.41) is 2.99. The second-order valence-corrected chi connectivity index (χ2v) is 6.79. The van der Waals surface area contributed by atoms with Gasteiger partial charge in [-0.15, -0.1) is 0 Å². The molecule has 0 bridgehead atoms. The van der Waals surface area contributed by atoms with Crippen LogP contribution in [-0.2, 0) is 19.1 Å². The van der Waals surface area contributed by atoms with E-state index in [1.165, 1.54) is 6.42 Å². The average molecular weight is 389 g/mol. The molecule has 0 aromatic heterocycles. The molecule has 8 heteroatoms. The molecule has 0 saturated heterocycles. The number of benzene rings is 1. The van der Waals surface area contributed by atoms with E-state index < -0.39 is 24.4 Å². The van der Waals surface area contributed by atoms with Gasteiger partial charge in [-0.2, -0.15) is 0 Å². The third-order valence-electron chi connectivity index (χ3n) is 4.47. The quantitative estimate of drug-likeness (QED) is 0.462. The number of carbonyl (C=O) groups is 4. The van der Waals surface area contributed by atoms with Gasteiger partial charge in [0.1, 0.15) is 0 Å². The van der Waals surface area contributed by atoms with Crippen LogP contribution in [0.5, 0.6) is 0 Å². The van der Waals surface area contributed by atoms with E-state index in [0.29, 0.717) is 12.0 Å². The second kappa shape index (κ2) is 11.7. The fraction of sp³-hybridized carbons (Fsp3) is 0.500. The fourth-order valence-corrected chi connectivity index (χ4v) is 2.98. The highest BCUT2D eigenvalue weighted by molar-refractivity contribution is 5.95. The van der Waals surface area contributed by atoms with E-state index in [1.54, 1.807) is 30.3 Å². The molecule has 28 heavy (non-hydrogen) atoms. The van der Waals surface area contributed by atoms with Crippen LogP contribution in [0.3, 0.4) is 0 Å². The number of hydrogen-bond donors (Lipinski definition) is 3. The minimum Gasteiger partial charge on any atom is -0.455 e. The van der Waals surface area contributed by atoms with Crippen LogP contribution in [0.15, 0.2) is 30.3 Å². The van der Waals surface area contributed by atoms with Crippen molar-refractivity contribution in [3.63, 3.8) is 0 Å². The largest absolute Gasteiger partial charge is 0.455 e. The lowest BCUT2D eigenvalue weighted by molar-refractivity contribution is -0.148. The van der Waals surface area contributed by atoms with E-state index in [0.717, 1.165) is 25.7 Å². The Morgan fingerprint density at radius 3 is 2.32 bits per heavy atom. The Kier molecular flexibility index (Phi) is 8.97. The van der Waals surface area contributed by atoms with Crippen molar-refractivity contribution in [3.05, 3.63) is 35.9 Å². The Labute approximate surface area is 164 Å². The van der Waals surface area contributed by atoms with Crippen LogP contribution in [0, 0.1) is 0 Å². The van der Waals surface area contributed by atoms with Crippen LogP contribution in [-0.4, -0.2) is 36.3 Å². The zero-order valence-electron chi connectivity index (χ0n) is 15.9. The number of amides is 3. The second-order valence-electron chi connectivity index (χ2n) is 6.79. The van der Waals surface area contributed by atoms with Gasteiger partial charge in [-0.25, -0.2) is 0 Å². The van der Waals surface area contributed by atoms with Gasteiger partial charge in [0, 0.05) is 24.4 Å². The molecule has 0 unspecified atom stereocenters. The summed E-state index contributed by atoms with van der Waals surface area (Å²) in [6.45, 7) is -0.498. The summed E-state index contributed by atoms with van der Waals surface area (Å²) in [7, 11) is 0. The van der Waals surface area contributed by atoms with E-state index in [-0.39, 0.29) is 24.8 Å². The number of hydrogen-bond acceptors (Lipinski definition) is 5. The molecular formula is C20H27N3O5. The zero-order valence-corrected chi connectivity index (χ0v) is 15.9. The molecule has 3 N–H and O–H groups in total. The molecule has 0 heterocycles. The third-order valence-corrected chi connectivity index (χ3v) is 4.47. The number of esters is 1. The summed E-state index contributed by atoms with van der Waals surface area (Å²) in [6.07, 6.45) is 6.22. The molecule has 8 nitrogen and oxygen atoms in total. The molecule has 0 spiro atoms. The molecule has 1 aliphatic rings. The van der Waals surface area contributed by atoms with Crippen molar-refractivity contribution in [2.45, 2.75) is 57.4 Å². The Morgan fingerprint density at radius 2 is 1.61 bits per heavy atom. The smallest absolute Gasteiger partial charge is 0.306 e.